The fourth-order valence-electron chi connectivity index (χ4n) is 2.52. The van der Waals surface area contributed by atoms with Crippen molar-refractivity contribution in [1.82, 2.24) is 14.3 Å². The second kappa shape index (κ2) is 7.65. The Kier molecular flexibility index (Phi) is 6.87. The zero-order valence-corrected chi connectivity index (χ0v) is 12.4. The molecule has 0 aromatic rings. The van der Waals surface area contributed by atoms with Crippen molar-refractivity contribution in [3.05, 3.63) is 0 Å². The summed E-state index contributed by atoms with van der Waals surface area (Å²) in [5, 5.41) is 3.23. The summed E-state index contributed by atoms with van der Waals surface area (Å²) in [6.07, 6.45) is 6.27. The van der Waals surface area contributed by atoms with E-state index < -0.39 is 10.2 Å². The third-order valence-electron chi connectivity index (χ3n) is 3.52. The second-order valence-corrected chi connectivity index (χ2v) is 6.68. The lowest BCUT2D eigenvalue weighted by Crippen LogP contribution is -2.50. The van der Waals surface area contributed by atoms with E-state index in [4.69, 9.17) is 0 Å². The van der Waals surface area contributed by atoms with Crippen LogP contribution < -0.4 is 10.0 Å². The van der Waals surface area contributed by atoms with Gasteiger partial charge in [-0.3, -0.25) is 0 Å². The van der Waals surface area contributed by atoms with Crippen LogP contribution in [-0.2, 0) is 10.2 Å². The summed E-state index contributed by atoms with van der Waals surface area (Å²) >= 11 is 0. The van der Waals surface area contributed by atoms with Gasteiger partial charge >= 0.3 is 0 Å². The number of nitrogens with one attached hydrogen (secondary N) is 2. The maximum atomic E-state index is 12.2. The van der Waals surface area contributed by atoms with E-state index in [1.807, 2.05) is 0 Å². The molecule has 0 radical (unpaired) electrons. The van der Waals surface area contributed by atoms with E-state index in [0.717, 1.165) is 51.6 Å². The normalized spacial score (nSPS) is 27.2. The second-order valence-electron chi connectivity index (χ2n) is 4.98. The Morgan fingerprint density at radius 1 is 1.06 bits per heavy atom. The van der Waals surface area contributed by atoms with Gasteiger partial charge in [0.05, 0.1) is 0 Å². The Hall–Kier alpha value is 0.120. The highest BCUT2D eigenvalue weighted by Crippen LogP contribution is 2.13. The molecular formula is C11H24ClN3O2S. The van der Waals surface area contributed by atoms with E-state index in [2.05, 4.69) is 10.0 Å². The third-order valence-corrected chi connectivity index (χ3v) is 5.19. The molecule has 2 heterocycles. The first-order chi connectivity index (χ1) is 8.18. The van der Waals surface area contributed by atoms with Gasteiger partial charge in [0.2, 0.25) is 0 Å². The Bertz CT molecular complexity index is 323. The maximum absolute atomic E-state index is 12.2. The van der Waals surface area contributed by atoms with Gasteiger partial charge in [0, 0.05) is 25.7 Å². The van der Waals surface area contributed by atoms with Gasteiger partial charge in [0.1, 0.15) is 0 Å². The molecule has 0 saturated carbocycles. The van der Waals surface area contributed by atoms with Crippen molar-refractivity contribution < 1.29 is 8.42 Å². The summed E-state index contributed by atoms with van der Waals surface area (Å²) in [6, 6.07) is 0.0667. The minimum atomic E-state index is -3.26. The smallest absolute Gasteiger partial charge is 0.279 e. The van der Waals surface area contributed by atoms with Crippen molar-refractivity contribution in [2.75, 3.05) is 26.2 Å². The minimum Gasteiger partial charge on any atom is -0.315 e. The Balaban J connectivity index is 0.00000162. The van der Waals surface area contributed by atoms with Gasteiger partial charge in [0.15, 0.2) is 0 Å². The van der Waals surface area contributed by atoms with Crippen molar-refractivity contribution in [1.29, 1.82) is 0 Å². The molecular weight excluding hydrogens is 274 g/mol. The first-order valence-electron chi connectivity index (χ1n) is 6.66. The van der Waals surface area contributed by atoms with E-state index in [0.29, 0.717) is 13.1 Å². The number of rotatable bonds is 3. The van der Waals surface area contributed by atoms with Gasteiger partial charge in [-0.1, -0.05) is 12.8 Å². The van der Waals surface area contributed by atoms with Crippen LogP contribution in [0.25, 0.3) is 0 Å². The molecule has 0 aromatic carbocycles. The fourth-order valence-corrected chi connectivity index (χ4v) is 4.03. The van der Waals surface area contributed by atoms with Gasteiger partial charge in [0.25, 0.3) is 10.2 Å². The lowest BCUT2D eigenvalue weighted by atomic mass is 10.1. The maximum Gasteiger partial charge on any atom is 0.279 e. The highest BCUT2D eigenvalue weighted by atomic mass is 35.5. The summed E-state index contributed by atoms with van der Waals surface area (Å²) in [4.78, 5) is 0. The Morgan fingerprint density at radius 3 is 2.28 bits per heavy atom. The van der Waals surface area contributed by atoms with Crippen molar-refractivity contribution in [3.63, 3.8) is 0 Å². The molecule has 5 nitrogen and oxygen atoms in total. The highest BCUT2D eigenvalue weighted by molar-refractivity contribution is 7.87. The monoisotopic (exact) mass is 297 g/mol. The molecule has 1 atom stereocenters. The van der Waals surface area contributed by atoms with Crippen LogP contribution in [0.1, 0.15) is 38.5 Å². The molecule has 7 heteroatoms. The largest absolute Gasteiger partial charge is 0.315 e. The average Bonchev–Trinajstić information content (AvgIpc) is 2.58. The van der Waals surface area contributed by atoms with E-state index in [-0.39, 0.29) is 18.4 Å². The Morgan fingerprint density at radius 2 is 1.72 bits per heavy atom. The van der Waals surface area contributed by atoms with Gasteiger partial charge in [-0.25, -0.2) is 0 Å². The van der Waals surface area contributed by atoms with Crippen LogP contribution in [0.2, 0.25) is 0 Å². The standard InChI is InChI=1S/C11H23N3O2S.ClH/c15-17(16,13-11-6-5-7-12-10-11)14-8-3-1-2-4-9-14;/h11-13H,1-10H2;1H/t11-;/m0./s1. The van der Waals surface area contributed by atoms with Gasteiger partial charge < -0.3 is 5.32 Å². The molecule has 18 heavy (non-hydrogen) atoms. The third kappa shape index (κ3) is 4.66. The number of halogens is 1. The van der Waals surface area contributed by atoms with Crippen LogP contribution in [0.5, 0.6) is 0 Å². The molecule has 2 N–H and O–H groups in total. The molecule has 0 aliphatic carbocycles. The predicted octanol–water partition coefficient (Wildman–Crippen LogP) is 0.871. The van der Waals surface area contributed by atoms with Crippen LogP contribution in [0, 0.1) is 0 Å². The molecule has 2 rings (SSSR count). The molecule has 108 valence electrons. The van der Waals surface area contributed by atoms with Crippen LogP contribution in [0.4, 0.5) is 0 Å². The molecule has 0 amide bonds. The summed E-state index contributed by atoms with van der Waals surface area (Å²) in [6.45, 7) is 3.11. The molecule has 0 unspecified atom stereocenters. The van der Waals surface area contributed by atoms with Gasteiger partial charge in [-0.2, -0.15) is 17.4 Å². The van der Waals surface area contributed by atoms with E-state index in [1.54, 1.807) is 4.31 Å². The summed E-state index contributed by atoms with van der Waals surface area (Å²) < 4.78 is 28.8. The fraction of sp³-hybridized carbons (Fsp3) is 1.00. The molecule has 0 spiro atoms. The van der Waals surface area contributed by atoms with Crippen LogP contribution >= 0.6 is 12.4 Å². The molecule has 0 bridgehead atoms. The molecule has 2 fully saturated rings. The highest BCUT2D eigenvalue weighted by Gasteiger charge is 2.26. The average molecular weight is 298 g/mol. The van der Waals surface area contributed by atoms with Gasteiger partial charge in [-0.05, 0) is 32.2 Å². The minimum absolute atomic E-state index is 0. The first-order valence-corrected chi connectivity index (χ1v) is 8.10. The van der Waals surface area contributed by atoms with Crippen molar-refractivity contribution in [2.45, 2.75) is 44.6 Å². The van der Waals surface area contributed by atoms with Crippen molar-refractivity contribution >= 4 is 22.6 Å². The van der Waals surface area contributed by atoms with E-state index in [1.165, 1.54) is 0 Å². The quantitative estimate of drug-likeness (QED) is 0.813. The van der Waals surface area contributed by atoms with Gasteiger partial charge in [-0.15, -0.1) is 12.4 Å². The lowest BCUT2D eigenvalue weighted by molar-refractivity contribution is 0.384. The SMILES string of the molecule is Cl.O=S(=O)(N[C@H]1CCCNC1)N1CCCCCC1. The molecule has 2 saturated heterocycles. The van der Waals surface area contributed by atoms with Crippen LogP contribution in [0.15, 0.2) is 0 Å². The van der Waals surface area contributed by atoms with Crippen molar-refractivity contribution in [3.8, 4) is 0 Å². The Labute approximate surface area is 116 Å². The summed E-state index contributed by atoms with van der Waals surface area (Å²) in [5.74, 6) is 0. The van der Waals surface area contributed by atoms with Crippen LogP contribution in [0.3, 0.4) is 0 Å². The van der Waals surface area contributed by atoms with E-state index >= 15 is 0 Å². The number of hydrogen-bond donors (Lipinski definition) is 2. The van der Waals surface area contributed by atoms with E-state index in [9.17, 15) is 8.42 Å². The molecule has 0 aromatic heterocycles. The molecule has 2 aliphatic heterocycles. The number of nitrogens with zero attached hydrogens (tertiary/aromatic N) is 1. The summed E-state index contributed by atoms with van der Waals surface area (Å²) in [7, 11) is -3.26. The molecule has 2 aliphatic rings. The summed E-state index contributed by atoms with van der Waals surface area (Å²) in [5.41, 5.74) is 0. The lowest BCUT2D eigenvalue weighted by Gasteiger charge is -2.27. The topological polar surface area (TPSA) is 61.4 Å². The predicted molar refractivity (Wildman–Crippen MR) is 75.2 cm³/mol. The zero-order chi connectivity index (χ0) is 12.1. The van der Waals surface area contributed by atoms with Crippen molar-refractivity contribution in [2.24, 2.45) is 0 Å². The number of piperidine rings is 1. The first kappa shape index (κ1) is 16.2. The van der Waals surface area contributed by atoms with Crippen LogP contribution in [-0.4, -0.2) is 44.9 Å². The zero-order valence-electron chi connectivity index (χ0n) is 10.7. The number of hydrogen-bond acceptors (Lipinski definition) is 3.